The molecule has 0 aliphatic heterocycles. The van der Waals surface area contributed by atoms with Crippen molar-refractivity contribution in [3.8, 4) is 5.75 Å². The zero-order valence-electron chi connectivity index (χ0n) is 11.7. The molecule has 0 saturated carbocycles. The molecule has 0 radical (unpaired) electrons. The zero-order chi connectivity index (χ0) is 15.2. The fraction of sp³-hybridized carbons (Fsp3) is 0.188. The van der Waals surface area contributed by atoms with Gasteiger partial charge in [-0.3, -0.25) is 0 Å². The summed E-state index contributed by atoms with van der Waals surface area (Å²) < 4.78 is 1.03. The molecule has 0 aliphatic carbocycles. The molecule has 110 valence electrons. The van der Waals surface area contributed by atoms with E-state index >= 15 is 0 Å². The van der Waals surface area contributed by atoms with E-state index in [1.165, 1.54) is 0 Å². The largest absolute Gasteiger partial charge is 0.506 e. The third kappa shape index (κ3) is 4.79. The van der Waals surface area contributed by atoms with Gasteiger partial charge < -0.3 is 15.7 Å². The van der Waals surface area contributed by atoms with Crippen LogP contribution in [0.2, 0.25) is 0 Å². The molecule has 0 atom stereocenters. The van der Waals surface area contributed by atoms with Gasteiger partial charge in [-0.1, -0.05) is 34.1 Å². The number of phenolic OH excluding ortho intramolecular Hbond substituents is 1. The highest BCUT2D eigenvalue weighted by Crippen LogP contribution is 2.23. The molecule has 21 heavy (non-hydrogen) atoms. The molecule has 0 unspecified atom stereocenters. The summed E-state index contributed by atoms with van der Waals surface area (Å²) in [6, 6.07) is 12.8. The lowest BCUT2D eigenvalue weighted by Crippen LogP contribution is -2.30. The number of rotatable bonds is 4. The second-order valence-electron chi connectivity index (χ2n) is 4.78. The maximum Gasteiger partial charge on any atom is 0.319 e. The van der Waals surface area contributed by atoms with Gasteiger partial charge in [0, 0.05) is 11.0 Å². The average Bonchev–Trinajstić information content (AvgIpc) is 2.44. The number of urea groups is 1. The van der Waals surface area contributed by atoms with Crippen molar-refractivity contribution < 1.29 is 9.90 Å². The van der Waals surface area contributed by atoms with Crippen LogP contribution in [0.5, 0.6) is 5.75 Å². The van der Waals surface area contributed by atoms with E-state index in [1.807, 2.05) is 37.3 Å². The van der Waals surface area contributed by atoms with Crippen molar-refractivity contribution in [1.29, 1.82) is 0 Å². The minimum absolute atomic E-state index is 0.0676. The number of aryl methyl sites for hydroxylation is 1. The number of hydrogen-bond donors (Lipinski definition) is 3. The Kier molecular flexibility index (Phi) is 5.22. The molecule has 0 saturated heterocycles. The Balaban J connectivity index is 1.81. The molecular formula is C16H17BrN2O2. The van der Waals surface area contributed by atoms with Crippen LogP contribution in [0.3, 0.4) is 0 Å². The van der Waals surface area contributed by atoms with Crippen molar-refractivity contribution in [2.75, 3.05) is 11.9 Å². The summed E-state index contributed by atoms with van der Waals surface area (Å²) in [6.45, 7) is 2.40. The van der Waals surface area contributed by atoms with E-state index in [-0.39, 0.29) is 11.8 Å². The number of hydrogen-bond acceptors (Lipinski definition) is 2. The third-order valence-electron chi connectivity index (χ3n) is 3.01. The summed E-state index contributed by atoms with van der Waals surface area (Å²) in [5.41, 5.74) is 2.49. The quantitative estimate of drug-likeness (QED) is 0.735. The van der Waals surface area contributed by atoms with Crippen LogP contribution >= 0.6 is 15.9 Å². The van der Waals surface area contributed by atoms with Gasteiger partial charge in [0.25, 0.3) is 0 Å². The molecule has 0 aromatic heterocycles. The van der Waals surface area contributed by atoms with Gasteiger partial charge in [-0.15, -0.1) is 0 Å². The van der Waals surface area contributed by atoms with Crippen LogP contribution in [-0.4, -0.2) is 17.7 Å². The van der Waals surface area contributed by atoms with Crippen LogP contribution in [0.4, 0.5) is 10.5 Å². The number of halogens is 1. The molecule has 0 aliphatic rings. The van der Waals surface area contributed by atoms with E-state index in [1.54, 1.807) is 12.1 Å². The molecule has 0 spiro atoms. The predicted molar refractivity (Wildman–Crippen MR) is 87.7 cm³/mol. The van der Waals surface area contributed by atoms with E-state index in [0.29, 0.717) is 12.2 Å². The van der Waals surface area contributed by atoms with Crippen molar-refractivity contribution in [3.63, 3.8) is 0 Å². The first-order valence-corrected chi connectivity index (χ1v) is 7.43. The molecule has 0 bridgehead atoms. The minimum Gasteiger partial charge on any atom is -0.506 e. The highest BCUT2D eigenvalue weighted by Gasteiger charge is 2.05. The summed E-state index contributed by atoms with van der Waals surface area (Å²) in [6.07, 6.45) is 0.751. The maximum absolute atomic E-state index is 11.8. The van der Waals surface area contributed by atoms with Gasteiger partial charge in [-0.05, 0) is 48.7 Å². The number of anilines is 1. The van der Waals surface area contributed by atoms with E-state index in [9.17, 15) is 9.90 Å². The second-order valence-corrected chi connectivity index (χ2v) is 5.69. The van der Waals surface area contributed by atoms with E-state index in [0.717, 1.165) is 22.0 Å². The minimum atomic E-state index is -0.328. The smallest absolute Gasteiger partial charge is 0.319 e. The normalized spacial score (nSPS) is 10.2. The Morgan fingerprint density at radius 2 is 1.90 bits per heavy atom. The van der Waals surface area contributed by atoms with Gasteiger partial charge in [-0.25, -0.2) is 4.79 Å². The van der Waals surface area contributed by atoms with Crippen LogP contribution in [-0.2, 0) is 6.42 Å². The molecule has 0 heterocycles. The molecule has 5 heteroatoms. The van der Waals surface area contributed by atoms with Gasteiger partial charge in [0.2, 0.25) is 0 Å². The Labute approximate surface area is 132 Å². The molecule has 2 amide bonds. The third-order valence-corrected chi connectivity index (χ3v) is 3.54. The summed E-state index contributed by atoms with van der Waals surface area (Å²) in [5.74, 6) is 0.0676. The van der Waals surface area contributed by atoms with Crippen LogP contribution < -0.4 is 10.6 Å². The van der Waals surface area contributed by atoms with Gasteiger partial charge in [0.05, 0.1) is 5.69 Å². The molecule has 0 fully saturated rings. The lowest BCUT2D eigenvalue weighted by Gasteiger charge is -2.09. The highest BCUT2D eigenvalue weighted by molar-refractivity contribution is 9.10. The molecular weight excluding hydrogens is 332 g/mol. The van der Waals surface area contributed by atoms with Gasteiger partial charge in [-0.2, -0.15) is 0 Å². The number of amides is 2. The molecule has 2 aromatic carbocycles. The fourth-order valence-electron chi connectivity index (χ4n) is 1.89. The molecule has 4 nitrogen and oxygen atoms in total. The first kappa shape index (κ1) is 15.4. The Bertz CT molecular complexity index is 627. The standard InChI is InChI=1S/C16H17BrN2O2/c1-11-2-7-14(15(20)10-11)19-16(21)18-9-8-12-3-5-13(17)6-4-12/h2-7,10,20H,8-9H2,1H3,(H2,18,19,21). The van der Waals surface area contributed by atoms with Crippen molar-refractivity contribution in [2.24, 2.45) is 0 Å². The molecule has 2 aromatic rings. The summed E-state index contributed by atoms with van der Waals surface area (Å²) >= 11 is 3.38. The number of carbonyl (C=O) groups is 1. The Morgan fingerprint density at radius 1 is 1.19 bits per heavy atom. The zero-order valence-corrected chi connectivity index (χ0v) is 13.3. The lowest BCUT2D eigenvalue weighted by molar-refractivity contribution is 0.252. The summed E-state index contributed by atoms with van der Waals surface area (Å²) in [4.78, 5) is 11.8. The van der Waals surface area contributed by atoms with E-state index < -0.39 is 0 Å². The highest BCUT2D eigenvalue weighted by atomic mass is 79.9. The fourth-order valence-corrected chi connectivity index (χ4v) is 2.15. The monoisotopic (exact) mass is 348 g/mol. The topological polar surface area (TPSA) is 61.4 Å². The molecule has 2 rings (SSSR count). The number of benzene rings is 2. The number of aromatic hydroxyl groups is 1. The van der Waals surface area contributed by atoms with Crippen molar-refractivity contribution in [2.45, 2.75) is 13.3 Å². The van der Waals surface area contributed by atoms with Crippen LogP contribution in [0, 0.1) is 6.92 Å². The van der Waals surface area contributed by atoms with Crippen molar-refractivity contribution >= 4 is 27.6 Å². The maximum atomic E-state index is 11.8. The molecule has 3 N–H and O–H groups in total. The van der Waals surface area contributed by atoms with Gasteiger partial charge >= 0.3 is 6.03 Å². The Morgan fingerprint density at radius 3 is 2.57 bits per heavy atom. The summed E-state index contributed by atoms with van der Waals surface area (Å²) in [7, 11) is 0. The number of nitrogens with one attached hydrogen (secondary N) is 2. The lowest BCUT2D eigenvalue weighted by atomic mass is 10.1. The van der Waals surface area contributed by atoms with Crippen molar-refractivity contribution in [3.05, 3.63) is 58.1 Å². The van der Waals surface area contributed by atoms with E-state index in [4.69, 9.17) is 0 Å². The average molecular weight is 349 g/mol. The second kappa shape index (κ2) is 7.13. The number of phenols is 1. The van der Waals surface area contributed by atoms with Crippen LogP contribution in [0.25, 0.3) is 0 Å². The summed E-state index contributed by atoms with van der Waals surface area (Å²) in [5, 5.41) is 15.1. The van der Waals surface area contributed by atoms with Crippen LogP contribution in [0.15, 0.2) is 46.9 Å². The van der Waals surface area contributed by atoms with E-state index in [2.05, 4.69) is 26.6 Å². The predicted octanol–water partition coefficient (Wildman–Crippen LogP) is 3.83. The SMILES string of the molecule is Cc1ccc(NC(=O)NCCc2ccc(Br)cc2)c(O)c1. The van der Waals surface area contributed by atoms with Gasteiger partial charge in [0.1, 0.15) is 5.75 Å². The Hall–Kier alpha value is -2.01. The first-order chi connectivity index (χ1) is 10.0. The first-order valence-electron chi connectivity index (χ1n) is 6.63. The van der Waals surface area contributed by atoms with Crippen molar-refractivity contribution in [1.82, 2.24) is 5.32 Å². The van der Waals surface area contributed by atoms with Crippen LogP contribution in [0.1, 0.15) is 11.1 Å². The number of carbonyl (C=O) groups excluding carboxylic acids is 1. The van der Waals surface area contributed by atoms with Gasteiger partial charge in [0.15, 0.2) is 0 Å².